The van der Waals surface area contributed by atoms with Crippen LogP contribution in [0.25, 0.3) is 0 Å². The van der Waals surface area contributed by atoms with Crippen LogP contribution in [0, 0.1) is 5.92 Å². The van der Waals surface area contributed by atoms with Crippen molar-refractivity contribution in [2.45, 2.75) is 32.7 Å². The highest BCUT2D eigenvalue weighted by Gasteiger charge is 2.25. The van der Waals surface area contributed by atoms with Gasteiger partial charge in [-0.3, -0.25) is 24.2 Å². The number of aliphatic carboxylic acids is 1. The molecule has 0 aromatic heterocycles. The summed E-state index contributed by atoms with van der Waals surface area (Å²) >= 11 is 4.43. The van der Waals surface area contributed by atoms with Gasteiger partial charge in [0.2, 0.25) is 5.91 Å². The van der Waals surface area contributed by atoms with Crippen molar-refractivity contribution in [2.24, 2.45) is 17.4 Å². The Balaban J connectivity index is 2.65. The number of carboxylic acid groups (broad SMARTS) is 1. The minimum atomic E-state index is -0.961. The van der Waals surface area contributed by atoms with Gasteiger partial charge in [-0.15, -0.1) is 12.6 Å². The van der Waals surface area contributed by atoms with Crippen LogP contribution in [0.1, 0.15) is 37.0 Å². The van der Waals surface area contributed by atoms with Crippen molar-refractivity contribution >= 4 is 36.6 Å². The summed E-state index contributed by atoms with van der Waals surface area (Å²) in [5, 5.41) is 12.7. The maximum absolute atomic E-state index is 12.6. The molecule has 0 heterocycles. The molecule has 1 rings (SSSR count). The average molecular weight is 562 g/mol. The fourth-order valence-electron chi connectivity index (χ4n) is 3.95. The number of aldehydes is 1. The molecule has 6 N–H and O–H groups in total. The molecule has 10 nitrogen and oxygen atoms in total. The number of hydrogen-bond donors (Lipinski definition) is 5. The first kappa shape index (κ1) is 34.2. The molecule has 0 bridgehead atoms. The van der Waals surface area contributed by atoms with E-state index in [0.29, 0.717) is 74.7 Å². The molecule has 0 fully saturated rings. The number of Topliss-reactive ketones (excluding diaryl/α,β-unsaturated/α-hetero) is 1. The van der Waals surface area contributed by atoms with E-state index in [1.807, 2.05) is 11.0 Å². The lowest BCUT2D eigenvalue weighted by molar-refractivity contribution is -0.143. The monoisotopic (exact) mass is 561 g/mol. The van der Waals surface area contributed by atoms with Crippen molar-refractivity contribution in [3.8, 4) is 0 Å². The molecule has 1 aromatic rings. The van der Waals surface area contributed by atoms with Crippen LogP contribution < -0.4 is 16.8 Å². The van der Waals surface area contributed by atoms with Gasteiger partial charge >= 0.3 is 5.97 Å². The lowest BCUT2D eigenvalue weighted by Crippen LogP contribution is -2.48. The fourth-order valence-corrected chi connectivity index (χ4v) is 4.14. The van der Waals surface area contributed by atoms with Gasteiger partial charge < -0.3 is 26.7 Å². The van der Waals surface area contributed by atoms with Gasteiger partial charge in [-0.05, 0) is 37.2 Å². The number of nitrogens with zero attached hydrogens (tertiary/aromatic N) is 2. The number of nitrogens with two attached hydrogens (primary N) is 2. The number of carbonyl (C=O) groups is 4. The summed E-state index contributed by atoms with van der Waals surface area (Å²) < 4.78 is 0. The van der Waals surface area contributed by atoms with Crippen LogP contribution in [-0.4, -0.2) is 97.3 Å². The third kappa shape index (κ3) is 12.7. The van der Waals surface area contributed by atoms with Crippen LogP contribution in [0.3, 0.4) is 0 Å². The minimum absolute atomic E-state index is 0.0995. The summed E-state index contributed by atoms with van der Waals surface area (Å²) in [5.41, 5.74) is 12.4. The van der Waals surface area contributed by atoms with E-state index in [1.54, 1.807) is 55.2 Å². The highest BCUT2D eigenvalue weighted by molar-refractivity contribution is 7.84. The summed E-state index contributed by atoms with van der Waals surface area (Å²) in [6.45, 7) is 6.51. The Labute approximate surface area is 236 Å². The molecule has 0 saturated carbocycles. The largest absolute Gasteiger partial charge is 0.480 e. The molecular weight excluding hydrogens is 518 g/mol. The van der Waals surface area contributed by atoms with Crippen LogP contribution in [0.2, 0.25) is 0 Å². The van der Waals surface area contributed by atoms with Crippen LogP contribution >= 0.6 is 12.6 Å². The Bertz CT molecular complexity index is 986. The second kappa shape index (κ2) is 19.3. The van der Waals surface area contributed by atoms with E-state index < -0.39 is 17.9 Å². The zero-order valence-electron chi connectivity index (χ0n) is 22.9. The maximum Gasteiger partial charge on any atom is 0.320 e. The van der Waals surface area contributed by atoms with Gasteiger partial charge in [0.05, 0.1) is 12.5 Å². The fraction of sp³-hybridized carbons (Fsp3) is 0.500. The molecule has 11 heteroatoms. The van der Waals surface area contributed by atoms with E-state index >= 15 is 0 Å². The normalized spacial score (nSPS) is 13.8. The van der Waals surface area contributed by atoms with Crippen molar-refractivity contribution in [3.05, 3.63) is 58.5 Å². The summed E-state index contributed by atoms with van der Waals surface area (Å²) in [5.74, 6) is -1.84. The maximum atomic E-state index is 12.6. The molecule has 0 aliphatic rings. The highest BCUT2D eigenvalue weighted by Crippen LogP contribution is 2.17. The minimum Gasteiger partial charge on any atom is -0.480 e. The Kier molecular flexibility index (Phi) is 16.9. The summed E-state index contributed by atoms with van der Waals surface area (Å²) in [6.07, 6.45) is 4.87. The molecule has 39 heavy (non-hydrogen) atoms. The number of rotatable bonds is 20. The third-order valence-electron chi connectivity index (χ3n) is 6.31. The quantitative estimate of drug-likeness (QED) is 0.0395. The highest BCUT2D eigenvalue weighted by atomic mass is 32.1. The SMILES string of the molecule is C/C(=C\C=C(/S)C(C)C(=O)NCCCC(C(=O)O)N(CCN)CCN(CC=O)CCN)C(=O)c1ccccc1. The lowest BCUT2D eigenvalue weighted by Gasteiger charge is -2.31. The second-order valence-electron chi connectivity index (χ2n) is 9.23. The van der Waals surface area contributed by atoms with E-state index in [-0.39, 0.29) is 18.2 Å². The molecule has 216 valence electrons. The Morgan fingerprint density at radius 3 is 2.31 bits per heavy atom. The molecule has 0 spiro atoms. The smallest absolute Gasteiger partial charge is 0.320 e. The van der Waals surface area contributed by atoms with Crippen molar-refractivity contribution in [2.75, 3.05) is 52.4 Å². The van der Waals surface area contributed by atoms with Crippen LogP contribution in [0.4, 0.5) is 0 Å². The molecule has 2 unspecified atom stereocenters. The Morgan fingerprint density at radius 1 is 1.05 bits per heavy atom. The molecule has 0 aliphatic heterocycles. The molecule has 1 aromatic carbocycles. The van der Waals surface area contributed by atoms with Crippen molar-refractivity contribution in [1.82, 2.24) is 15.1 Å². The summed E-state index contributed by atoms with van der Waals surface area (Å²) in [7, 11) is 0. The molecular formula is C28H43N5O5S. The van der Waals surface area contributed by atoms with Crippen LogP contribution in [-0.2, 0) is 14.4 Å². The predicted molar refractivity (Wildman–Crippen MR) is 157 cm³/mol. The second-order valence-corrected chi connectivity index (χ2v) is 9.74. The standard InChI is InChI=1S/C28H43N5O5S/c1-21(26(35)23-7-4-3-5-8-23)10-11-25(39)22(2)27(36)31-14-6-9-24(28(37)38)33(16-13-30)18-17-32(15-12-29)19-20-34/h3-5,7-8,10-11,20,22,24,39H,6,9,12-19,29-30H2,1-2H3,(H,31,36)(H,37,38)/b21-10+,25-11-. The molecule has 0 radical (unpaired) electrons. The number of benzene rings is 1. The molecule has 0 saturated heterocycles. The number of thiol groups is 1. The van der Waals surface area contributed by atoms with Gasteiger partial charge in [0, 0.05) is 51.4 Å². The number of carboxylic acids is 1. The van der Waals surface area contributed by atoms with Gasteiger partial charge in [0.25, 0.3) is 0 Å². The van der Waals surface area contributed by atoms with Crippen LogP contribution in [0.5, 0.6) is 0 Å². The van der Waals surface area contributed by atoms with Crippen molar-refractivity contribution in [1.29, 1.82) is 0 Å². The number of hydrogen-bond acceptors (Lipinski definition) is 9. The number of carbonyl (C=O) groups excluding carboxylic acids is 3. The average Bonchev–Trinajstić information content (AvgIpc) is 2.93. The van der Waals surface area contributed by atoms with E-state index in [1.165, 1.54) is 0 Å². The van der Waals surface area contributed by atoms with Crippen molar-refractivity contribution in [3.63, 3.8) is 0 Å². The van der Waals surface area contributed by atoms with Crippen LogP contribution in [0.15, 0.2) is 53.0 Å². The van der Waals surface area contributed by atoms with Crippen molar-refractivity contribution < 1.29 is 24.3 Å². The van der Waals surface area contributed by atoms with E-state index in [2.05, 4.69) is 17.9 Å². The molecule has 1 amide bonds. The first-order valence-corrected chi connectivity index (χ1v) is 13.6. The lowest BCUT2D eigenvalue weighted by atomic mass is 10.0. The number of ketones is 1. The predicted octanol–water partition coefficient (Wildman–Crippen LogP) is 1.34. The zero-order chi connectivity index (χ0) is 29.2. The van der Waals surface area contributed by atoms with E-state index in [9.17, 15) is 24.3 Å². The summed E-state index contributed by atoms with van der Waals surface area (Å²) in [4.78, 5) is 52.2. The number of allylic oxidation sites excluding steroid dienone is 3. The van der Waals surface area contributed by atoms with Gasteiger partial charge in [0.15, 0.2) is 5.78 Å². The first-order chi connectivity index (χ1) is 18.7. The van der Waals surface area contributed by atoms with Gasteiger partial charge in [-0.1, -0.05) is 42.5 Å². The van der Waals surface area contributed by atoms with Gasteiger partial charge in [-0.2, -0.15) is 0 Å². The molecule has 0 aliphatic carbocycles. The molecule has 2 atom stereocenters. The van der Waals surface area contributed by atoms with Gasteiger partial charge in [-0.25, -0.2) is 0 Å². The Morgan fingerprint density at radius 2 is 1.72 bits per heavy atom. The van der Waals surface area contributed by atoms with E-state index in [4.69, 9.17) is 11.5 Å². The number of amides is 1. The first-order valence-electron chi connectivity index (χ1n) is 13.1. The Hall–Kier alpha value is -2.83. The zero-order valence-corrected chi connectivity index (χ0v) is 23.8. The topological polar surface area (TPSA) is 159 Å². The van der Waals surface area contributed by atoms with Gasteiger partial charge in [0.1, 0.15) is 12.3 Å². The summed E-state index contributed by atoms with van der Waals surface area (Å²) in [6, 6.07) is 8.16. The number of nitrogens with one attached hydrogen (secondary N) is 1. The third-order valence-corrected chi connectivity index (χ3v) is 6.85. The van der Waals surface area contributed by atoms with E-state index in [0.717, 1.165) is 6.29 Å².